The molecule has 0 aromatic carbocycles. The van der Waals surface area contributed by atoms with Crippen molar-refractivity contribution in [2.45, 2.75) is 0 Å². The van der Waals surface area contributed by atoms with Crippen molar-refractivity contribution in [3.05, 3.63) is 45.3 Å². The minimum Gasteiger partial charge on any atom is -0.497 e. The van der Waals surface area contributed by atoms with E-state index in [1.54, 1.807) is 29.8 Å². The Balaban J connectivity index is 2.87. The van der Waals surface area contributed by atoms with E-state index in [0.717, 1.165) is 15.7 Å². The third-order valence-corrected chi connectivity index (χ3v) is 2.69. The van der Waals surface area contributed by atoms with Gasteiger partial charge in [0.05, 0.1) is 12.6 Å². The normalized spacial score (nSPS) is 10.4. The van der Waals surface area contributed by atoms with Crippen LogP contribution in [0.15, 0.2) is 39.7 Å². The lowest BCUT2D eigenvalue weighted by atomic mass is 10.3. The number of ether oxygens (including phenoxy) is 1. The number of rotatable bonds is 1. The number of hydrogen-bond donors (Lipinski definition) is 0. The van der Waals surface area contributed by atoms with E-state index >= 15 is 0 Å². The minimum absolute atomic E-state index is 0.0501. The molecule has 0 aliphatic heterocycles. The van der Waals surface area contributed by atoms with Crippen LogP contribution in [0.2, 0.25) is 0 Å². The van der Waals surface area contributed by atoms with Gasteiger partial charge in [-0.3, -0.25) is 9.20 Å². The van der Waals surface area contributed by atoms with Gasteiger partial charge in [-0.25, -0.2) is 0 Å². The average molecular weight is 254 g/mol. The van der Waals surface area contributed by atoms with Gasteiger partial charge in [-0.05, 0) is 28.1 Å². The predicted molar refractivity (Wildman–Crippen MR) is 57.9 cm³/mol. The Morgan fingerprint density at radius 2 is 2.14 bits per heavy atom. The molecule has 14 heavy (non-hydrogen) atoms. The van der Waals surface area contributed by atoms with Gasteiger partial charge in [-0.1, -0.05) is 0 Å². The van der Waals surface area contributed by atoms with Crippen LogP contribution in [-0.4, -0.2) is 11.5 Å². The van der Waals surface area contributed by atoms with Crippen molar-refractivity contribution in [2.75, 3.05) is 7.11 Å². The van der Waals surface area contributed by atoms with Gasteiger partial charge in [0.25, 0.3) is 5.56 Å². The Kier molecular flexibility index (Phi) is 2.29. The van der Waals surface area contributed by atoms with E-state index < -0.39 is 0 Å². The van der Waals surface area contributed by atoms with Crippen molar-refractivity contribution in [3.8, 4) is 5.75 Å². The van der Waals surface area contributed by atoms with Crippen molar-refractivity contribution >= 4 is 21.4 Å². The number of pyridine rings is 2. The Hall–Kier alpha value is -1.29. The van der Waals surface area contributed by atoms with Crippen LogP contribution >= 0.6 is 15.9 Å². The molecule has 72 valence electrons. The molecule has 0 aliphatic rings. The van der Waals surface area contributed by atoms with Gasteiger partial charge >= 0.3 is 0 Å². The largest absolute Gasteiger partial charge is 0.497 e. The fraction of sp³-hybridized carbons (Fsp3) is 0.100. The highest BCUT2D eigenvalue weighted by Crippen LogP contribution is 2.20. The fourth-order valence-electron chi connectivity index (χ4n) is 1.29. The molecule has 0 bridgehead atoms. The maximum absolute atomic E-state index is 11.4. The molecule has 0 N–H and O–H groups in total. The first kappa shape index (κ1) is 9.27. The lowest BCUT2D eigenvalue weighted by molar-refractivity contribution is 0.414. The van der Waals surface area contributed by atoms with Crippen LogP contribution in [0.3, 0.4) is 0 Å². The van der Waals surface area contributed by atoms with Crippen molar-refractivity contribution in [1.82, 2.24) is 4.40 Å². The summed E-state index contributed by atoms with van der Waals surface area (Å²) in [7, 11) is 1.60. The third kappa shape index (κ3) is 1.42. The van der Waals surface area contributed by atoms with E-state index in [-0.39, 0.29) is 5.56 Å². The van der Waals surface area contributed by atoms with Crippen molar-refractivity contribution in [2.24, 2.45) is 0 Å². The van der Waals surface area contributed by atoms with E-state index in [1.807, 2.05) is 6.07 Å². The number of hydrogen-bond acceptors (Lipinski definition) is 2. The molecule has 0 amide bonds. The van der Waals surface area contributed by atoms with Crippen LogP contribution in [0, 0.1) is 0 Å². The molecule has 2 heterocycles. The fourth-order valence-corrected chi connectivity index (χ4v) is 1.73. The number of halogens is 1. The molecule has 0 spiro atoms. The zero-order valence-corrected chi connectivity index (χ0v) is 9.11. The number of fused-ring (bicyclic) bond motifs is 1. The lowest BCUT2D eigenvalue weighted by Crippen LogP contribution is -2.11. The molecule has 0 radical (unpaired) electrons. The first-order valence-corrected chi connectivity index (χ1v) is 4.86. The second-order valence-corrected chi connectivity index (χ2v) is 3.70. The summed E-state index contributed by atoms with van der Waals surface area (Å²) < 4.78 is 7.51. The van der Waals surface area contributed by atoms with Gasteiger partial charge in [0.15, 0.2) is 0 Å². The molecule has 0 aliphatic carbocycles. The van der Waals surface area contributed by atoms with Crippen LogP contribution in [0.25, 0.3) is 5.52 Å². The summed E-state index contributed by atoms with van der Waals surface area (Å²) in [6, 6.07) is 6.81. The van der Waals surface area contributed by atoms with Crippen molar-refractivity contribution in [3.63, 3.8) is 0 Å². The maximum Gasteiger partial charge on any atom is 0.255 e. The molecule has 0 saturated heterocycles. The smallest absolute Gasteiger partial charge is 0.255 e. The predicted octanol–water partition coefficient (Wildman–Crippen LogP) is 2.07. The van der Waals surface area contributed by atoms with Gasteiger partial charge in [-0.15, -0.1) is 0 Å². The molecular weight excluding hydrogens is 246 g/mol. The summed E-state index contributed by atoms with van der Waals surface area (Å²) in [6.45, 7) is 0. The van der Waals surface area contributed by atoms with Crippen molar-refractivity contribution < 1.29 is 4.74 Å². The molecular formula is C10H8BrNO2. The molecule has 0 fully saturated rings. The number of nitrogens with zero attached hydrogens (tertiary/aromatic N) is 1. The monoisotopic (exact) mass is 253 g/mol. The Morgan fingerprint density at radius 1 is 1.36 bits per heavy atom. The van der Waals surface area contributed by atoms with Gasteiger partial charge in [0.2, 0.25) is 0 Å². The summed E-state index contributed by atoms with van der Waals surface area (Å²) in [4.78, 5) is 11.4. The quantitative estimate of drug-likeness (QED) is 0.779. The minimum atomic E-state index is -0.0501. The molecule has 2 rings (SSSR count). The molecule has 3 nitrogen and oxygen atoms in total. The first-order chi connectivity index (χ1) is 6.72. The second-order valence-electron chi connectivity index (χ2n) is 2.84. The van der Waals surface area contributed by atoms with Gasteiger partial charge in [-0.2, -0.15) is 0 Å². The Bertz CT molecular complexity index is 533. The number of aromatic nitrogens is 1. The summed E-state index contributed by atoms with van der Waals surface area (Å²) >= 11 is 3.38. The topological polar surface area (TPSA) is 30.7 Å². The molecule has 0 atom stereocenters. The zero-order chi connectivity index (χ0) is 10.1. The van der Waals surface area contributed by atoms with Crippen LogP contribution in [0.5, 0.6) is 5.75 Å². The molecule has 2 aromatic rings. The van der Waals surface area contributed by atoms with E-state index in [2.05, 4.69) is 15.9 Å². The Labute approximate surface area is 89.1 Å². The molecule has 0 saturated carbocycles. The van der Waals surface area contributed by atoms with Gasteiger partial charge < -0.3 is 4.74 Å². The maximum atomic E-state index is 11.4. The molecule has 4 heteroatoms. The highest BCUT2D eigenvalue weighted by molar-refractivity contribution is 9.10. The van der Waals surface area contributed by atoms with E-state index in [1.165, 1.54) is 6.07 Å². The molecule has 0 unspecified atom stereocenters. The van der Waals surface area contributed by atoms with Crippen LogP contribution in [0.4, 0.5) is 0 Å². The van der Waals surface area contributed by atoms with Crippen LogP contribution in [0.1, 0.15) is 0 Å². The highest BCUT2D eigenvalue weighted by atomic mass is 79.9. The third-order valence-electron chi connectivity index (χ3n) is 2.02. The summed E-state index contributed by atoms with van der Waals surface area (Å²) in [6.07, 6.45) is 1.70. The van der Waals surface area contributed by atoms with E-state index in [9.17, 15) is 4.79 Å². The van der Waals surface area contributed by atoms with Gasteiger partial charge in [0, 0.05) is 22.8 Å². The van der Waals surface area contributed by atoms with Crippen LogP contribution in [-0.2, 0) is 0 Å². The van der Waals surface area contributed by atoms with Gasteiger partial charge in [0.1, 0.15) is 5.75 Å². The SMILES string of the molecule is COc1ccn2c(=O)ccc(Br)c2c1. The average Bonchev–Trinajstić information content (AvgIpc) is 2.23. The molecule has 2 aromatic heterocycles. The summed E-state index contributed by atoms with van der Waals surface area (Å²) in [5.41, 5.74) is 0.753. The number of methoxy groups -OCH3 is 1. The highest BCUT2D eigenvalue weighted by Gasteiger charge is 2.01. The van der Waals surface area contributed by atoms with Crippen LogP contribution < -0.4 is 10.3 Å². The standard InChI is InChI=1S/C10H8BrNO2/c1-14-7-4-5-12-9(6-7)8(11)2-3-10(12)13/h2-6H,1H3. The van der Waals surface area contributed by atoms with Crippen molar-refractivity contribution in [1.29, 1.82) is 0 Å². The lowest BCUT2D eigenvalue weighted by Gasteiger charge is -2.04. The Morgan fingerprint density at radius 3 is 2.86 bits per heavy atom. The zero-order valence-electron chi connectivity index (χ0n) is 7.53. The van der Waals surface area contributed by atoms with E-state index in [0.29, 0.717) is 0 Å². The van der Waals surface area contributed by atoms with E-state index in [4.69, 9.17) is 4.74 Å². The summed E-state index contributed by atoms with van der Waals surface area (Å²) in [5, 5.41) is 0. The second kappa shape index (κ2) is 3.46. The first-order valence-electron chi connectivity index (χ1n) is 4.07. The summed E-state index contributed by atoms with van der Waals surface area (Å²) in [5.74, 6) is 0.733.